The minimum Gasteiger partial charge on any atom is -0.471 e. The van der Waals surface area contributed by atoms with Crippen molar-refractivity contribution in [3.63, 3.8) is 0 Å². The number of rotatable bonds is 8. The van der Waals surface area contributed by atoms with Gasteiger partial charge in [0.15, 0.2) is 6.61 Å². The molecular weight excluding hydrogens is 414 g/mol. The first-order valence-electron chi connectivity index (χ1n) is 10.9. The fourth-order valence-corrected chi connectivity index (χ4v) is 4.13. The molecular formula is C23H30F2N6O. The zero-order chi connectivity index (χ0) is 23.4. The highest BCUT2D eigenvalue weighted by molar-refractivity contribution is 5.38. The zero-order valence-corrected chi connectivity index (χ0v) is 19.0. The second-order valence-corrected chi connectivity index (χ2v) is 9.29. The molecule has 0 saturated heterocycles. The van der Waals surface area contributed by atoms with Crippen LogP contribution in [-0.2, 0) is 13.0 Å². The van der Waals surface area contributed by atoms with Crippen molar-refractivity contribution in [2.24, 2.45) is 17.3 Å². The number of alkyl halides is 2. The average Bonchev–Trinajstić information content (AvgIpc) is 2.74. The molecule has 0 amide bonds. The van der Waals surface area contributed by atoms with Crippen molar-refractivity contribution in [3.8, 4) is 11.9 Å². The third-order valence-electron chi connectivity index (χ3n) is 6.59. The molecule has 7 nitrogen and oxygen atoms in total. The van der Waals surface area contributed by atoms with Crippen LogP contribution in [0.25, 0.3) is 0 Å². The van der Waals surface area contributed by atoms with Gasteiger partial charge in [0.25, 0.3) is 5.92 Å². The van der Waals surface area contributed by atoms with E-state index in [1.54, 1.807) is 0 Å². The maximum Gasteiger partial charge on any atom is 0.278 e. The second kappa shape index (κ2) is 9.72. The summed E-state index contributed by atoms with van der Waals surface area (Å²) in [7, 11) is 0. The van der Waals surface area contributed by atoms with Gasteiger partial charge in [-0.3, -0.25) is 0 Å². The number of anilines is 1. The Kier molecular flexibility index (Phi) is 7.22. The first kappa shape index (κ1) is 23.8. The van der Waals surface area contributed by atoms with E-state index < -0.39 is 12.5 Å². The van der Waals surface area contributed by atoms with Crippen LogP contribution in [-0.4, -0.2) is 32.5 Å². The van der Waals surface area contributed by atoms with Gasteiger partial charge in [-0.1, -0.05) is 33.6 Å². The van der Waals surface area contributed by atoms with E-state index in [1.165, 1.54) is 31.6 Å². The summed E-state index contributed by atoms with van der Waals surface area (Å²) >= 11 is 0. The van der Waals surface area contributed by atoms with Crippen molar-refractivity contribution in [2.75, 3.05) is 11.9 Å². The van der Waals surface area contributed by atoms with Crippen LogP contribution >= 0.6 is 0 Å². The molecule has 9 heteroatoms. The van der Waals surface area contributed by atoms with Gasteiger partial charge in [-0.05, 0) is 30.1 Å². The summed E-state index contributed by atoms with van der Waals surface area (Å²) in [6, 6.07) is 2.20. The van der Waals surface area contributed by atoms with Crippen LogP contribution in [0, 0.1) is 28.6 Å². The van der Waals surface area contributed by atoms with Gasteiger partial charge in [0, 0.05) is 19.7 Å². The van der Waals surface area contributed by atoms with E-state index in [0.717, 1.165) is 19.0 Å². The summed E-state index contributed by atoms with van der Waals surface area (Å²) in [6.07, 6.45) is 8.50. The van der Waals surface area contributed by atoms with E-state index in [4.69, 9.17) is 4.74 Å². The summed E-state index contributed by atoms with van der Waals surface area (Å²) in [5.74, 6) is -1.49. The summed E-state index contributed by atoms with van der Waals surface area (Å²) in [4.78, 5) is 16.7. The van der Waals surface area contributed by atoms with Crippen LogP contribution in [0.3, 0.4) is 0 Å². The molecule has 1 aliphatic rings. The molecule has 2 atom stereocenters. The van der Waals surface area contributed by atoms with Crippen molar-refractivity contribution >= 4 is 5.95 Å². The van der Waals surface area contributed by atoms with Crippen molar-refractivity contribution in [1.29, 1.82) is 5.26 Å². The van der Waals surface area contributed by atoms with Crippen molar-refractivity contribution in [3.05, 3.63) is 35.5 Å². The Morgan fingerprint density at radius 2 is 2.06 bits per heavy atom. The standard InChI is InChI=1S/C23H30F2N6O/c1-15-6-5-7-18(22(15,2)3)8-19-16(9-26)11-28-21(31-19)29-12-17-10-27-14-30-20(17)32-13-23(4,24)25/h10-11,14-15,18H,5-8,12-13H2,1-4H3,(H,28,29,31)/t15-,18+/m1/s1. The molecule has 0 spiro atoms. The number of nitriles is 1. The van der Waals surface area contributed by atoms with Gasteiger partial charge < -0.3 is 10.1 Å². The van der Waals surface area contributed by atoms with Gasteiger partial charge in [-0.2, -0.15) is 5.26 Å². The fourth-order valence-electron chi connectivity index (χ4n) is 4.13. The van der Waals surface area contributed by atoms with E-state index in [2.05, 4.69) is 52.1 Å². The van der Waals surface area contributed by atoms with E-state index >= 15 is 0 Å². The lowest BCUT2D eigenvalue weighted by Gasteiger charge is -2.44. The molecule has 1 fully saturated rings. The molecule has 3 rings (SSSR count). The summed E-state index contributed by atoms with van der Waals surface area (Å²) in [5, 5.41) is 12.6. The average molecular weight is 445 g/mol. The Bertz CT molecular complexity index is 970. The second-order valence-electron chi connectivity index (χ2n) is 9.29. The minimum absolute atomic E-state index is 0.0841. The van der Waals surface area contributed by atoms with Gasteiger partial charge in [0.2, 0.25) is 11.8 Å². The summed E-state index contributed by atoms with van der Waals surface area (Å²) in [6.45, 7) is 7.09. The normalized spacial score (nSPS) is 20.4. The molecule has 32 heavy (non-hydrogen) atoms. The lowest BCUT2D eigenvalue weighted by molar-refractivity contribution is -0.0245. The van der Waals surface area contributed by atoms with Gasteiger partial charge in [-0.15, -0.1) is 0 Å². The molecule has 1 N–H and O–H groups in total. The highest BCUT2D eigenvalue weighted by Gasteiger charge is 2.38. The Labute approximate surface area is 187 Å². The van der Waals surface area contributed by atoms with E-state index in [9.17, 15) is 14.0 Å². The maximum absolute atomic E-state index is 13.1. The number of halogens is 2. The molecule has 1 saturated carbocycles. The molecule has 0 aromatic carbocycles. The highest BCUT2D eigenvalue weighted by atomic mass is 19.3. The predicted octanol–water partition coefficient (Wildman–Crippen LogP) is 4.79. The number of hydrogen-bond donors (Lipinski definition) is 1. The van der Waals surface area contributed by atoms with Gasteiger partial charge in [0.05, 0.1) is 23.0 Å². The molecule has 0 radical (unpaired) electrons. The topological polar surface area (TPSA) is 96.6 Å². The van der Waals surface area contributed by atoms with Crippen LogP contribution in [0.4, 0.5) is 14.7 Å². The number of nitrogens with one attached hydrogen (secondary N) is 1. The lowest BCUT2D eigenvalue weighted by atomic mass is 9.61. The molecule has 1 aliphatic carbocycles. The molecule has 0 unspecified atom stereocenters. The minimum atomic E-state index is -2.97. The van der Waals surface area contributed by atoms with Crippen molar-refractivity contribution in [1.82, 2.24) is 19.9 Å². The first-order chi connectivity index (χ1) is 15.1. The quantitative estimate of drug-likeness (QED) is 0.625. The molecule has 2 aromatic rings. The SMILES string of the molecule is C[C@@H]1CCC[C@@H](Cc2nc(NCc3cncnc3OCC(C)(F)F)ncc2C#N)C1(C)C. The molecule has 172 valence electrons. The Hall–Kier alpha value is -2.89. The molecule has 0 bridgehead atoms. The number of nitrogens with zero attached hydrogens (tertiary/aromatic N) is 5. The van der Waals surface area contributed by atoms with Crippen LogP contribution in [0.5, 0.6) is 5.88 Å². The Morgan fingerprint density at radius 3 is 2.78 bits per heavy atom. The van der Waals surface area contributed by atoms with E-state index in [1.807, 2.05) is 0 Å². The zero-order valence-electron chi connectivity index (χ0n) is 19.0. The van der Waals surface area contributed by atoms with E-state index in [0.29, 0.717) is 35.3 Å². The smallest absolute Gasteiger partial charge is 0.278 e. The monoisotopic (exact) mass is 444 g/mol. The molecule has 2 aromatic heterocycles. The predicted molar refractivity (Wildman–Crippen MR) is 116 cm³/mol. The fraction of sp³-hybridized carbons (Fsp3) is 0.609. The Balaban J connectivity index is 1.74. The van der Waals surface area contributed by atoms with Crippen LogP contribution in [0.2, 0.25) is 0 Å². The van der Waals surface area contributed by atoms with Crippen molar-refractivity contribution in [2.45, 2.75) is 65.8 Å². The first-order valence-corrected chi connectivity index (χ1v) is 10.9. The Morgan fingerprint density at radius 1 is 1.28 bits per heavy atom. The number of ether oxygens (including phenoxy) is 1. The summed E-state index contributed by atoms with van der Waals surface area (Å²) < 4.78 is 31.5. The van der Waals surface area contributed by atoms with Gasteiger partial charge >= 0.3 is 0 Å². The number of aromatic nitrogens is 4. The van der Waals surface area contributed by atoms with Crippen LogP contribution in [0.1, 0.15) is 63.8 Å². The van der Waals surface area contributed by atoms with Crippen molar-refractivity contribution < 1.29 is 13.5 Å². The maximum atomic E-state index is 13.1. The largest absolute Gasteiger partial charge is 0.471 e. The number of hydrogen-bond acceptors (Lipinski definition) is 7. The third-order valence-corrected chi connectivity index (χ3v) is 6.59. The molecule has 2 heterocycles. The van der Waals surface area contributed by atoms with E-state index in [-0.39, 0.29) is 17.8 Å². The third kappa shape index (κ3) is 5.87. The lowest BCUT2D eigenvalue weighted by Crippen LogP contribution is -2.36. The van der Waals surface area contributed by atoms with Crippen LogP contribution < -0.4 is 10.1 Å². The molecule has 0 aliphatic heterocycles. The van der Waals surface area contributed by atoms with Gasteiger partial charge in [0.1, 0.15) is 12.4 Å². The summed E-state index contributed by atoms with van der Waals surface area (Å²) in [5.41, 5.74) is 1.87. The van der Waals surface area contributed by atoms with Crippen LogP contribution in [0.15, 0.2) is 18.7 Å². The highest BCUT2D eigenvalue weighted by Crippen LogP contribution is 2.46. The van der Waals surface area contributed by atoms with Gasteiger partial charge in [-0.25, -0.2) is 28.7 Å².